The van der Waals surface area contributed by atoms with Gasteiger partial charge in [-0.15, -0.1) is 0 Å². The van der Waals surface area contributed by atoms with E-state index in [4.69, 9.17) is 5.73 Å². The third kappa shape index (κ3) is 2.97. The molecular formula is C13H12BrFN2. The third-order valence-electron chi connectivity index (χ3n) is 2.46. The van der Waals surface area contributed by atoms with Crippen LogP contribution in [0.15, 0.2) is 46.9 Å². The van der Waals surface area contributed by atoms with Crippen molar-refractivity contribution in [3.8, 4) is 0 Å². The van der Waals surface area contributed by atoms with Crippen LogP contribution < -0.4 is 11.1 Å². The average molecular weight is 295 g/mol. The first-order valence-electron chi connectivity index (χ1n) is 5.19. The summed E-state index contributed by atoms with van der Waals surface area (Å²) in [4.78, 5) is 0. The molecule has 3 N–H and O–H groups in total. The van der Waals surface area contributed by atoms with Gasteiger partial charge < -0.3 is 11.1 Å². The van der Waals surface area contributed by atoms with Crippen molar-refractivity contribution in [2.75, 3.05) is 11.1 Å². The van der Waals surface area contributed by atoms with Crippen LogP contribution in [0.2, 0.25) is 0 Å². The molecule has 2 nitrogen and oxygen atoms in total. The van der Waals surface area contributed by atoms with Crippen LogP contribution >= 0.6 is 15.9 Å². The number of hydrogen-bond acceptors (Lipinski definition) is 2. The summed E-state index contributed by atoms with van der Waals surface area (Å²) in [6, 6.07) is 12.5. The number of benzene rings is 2. The van der Waals surface area contributed by atoms with E-state index in [1.165, 1.54) is 6.07 Å². The second-order valence-electron chi connectivity index (χ2n) is 3.68. The van der Waals surface area contributed by atoms with Gasteiger partial charge in [0.25, 0.3) is 0 Å². The zero-order valence-electron chi connectivity index (χ0n) is 9.08. The Balaban J connectivity index is 2.08. The first-order valence-corrected chi connectivity index (χ1v) is 5.98. The summed E-state index contributed by atoms with van der Waals surface area (Å²) in [6.07, 6.45) is 0. The minimum absolute atomic E-state index is 0.269. The first kappa shape index (κ1) is 11.9. The molecule has 0 saturated carbocycles. The number of nitrogen functional groups attached to an aromatic ring is 1. The second kappa shape index (κ2) is 5.19. The fourth-order valence-corrected chi connectivity index (χ4v) is 1.88. The van der Waals surface area contributed by atoms with Crippen molar-refractivity contribution >= 4 is 27.3 Å². The fraction of sp³-hybridized carbons (Fsp3) is 0.0769. The lowest BCUT2D eigenvalue weighted by molar-refractivity contribution is 0.621. The SMILES string of the molecule is Nc1ccccc1CNc1ccc(F)c(Br)c1. The number of nitrogens with one attached hydrogen (secondary N) is 1. The van der Waals surface area contributed by atoms with Crippen molar-refractivity contribution < 1.29 is 4.39 Å². The van der Waals surface area contributed by atoms with Gasteiger partial charge in [0.1, 0.15) is 5.82 Å². The lowest BCUT2D eigenvalue weighted by atomic mass is 10.2. The van der Waals surface area contributed by atoms with Crippen LogP contribution in [0.3, 0.4) is 0 Å². The van der Waals surface area contributed by atoms with Gasteiger partial charge in [-0.25, -0.2) is 4.39 Å². The Hall–Kier alpha value is -1.55. The summed E-state index contributed by atoms with van der Waals surface area (Å²) in [7, 11) is 0. The van der Waals surface area contributed by atoms with Gasteiger partial charge in [-0.05, 0) is 45.8 Å². The van der Waals surface area contributed by atoms with E-state index in [2.05, 4.69) is 21.2 Å². The number of nitrogens with two attached hydrogens (primary N) is 1. The van der Waals surface area contributed by atoms with E-state index in [0.29, 0.717) is 11.0 Å². The molecule has 0 fully saturated rings. The lowest BCUT2D eigenvalue weighted by Gasteiger charge is -2.09. The summed E-state index contributed by atoms with van der Waals surface area (Å²) < 4.78 is 13.5. The molecule has 2 aromatic carbocycles. The van der Waals surface area contributed by atoms with E-state index in [1.807, 2.05) is 24.3 Å². The van der Waals surface area contributed by atoms with E-state index in [9.17, 15) is 4.39 Å². The Morgan fingerprint density at radius 1 is 1.18 bits per heavy atom. The highest BCUT2D eigenvalue weighted by molar-refractivity contribution is 9.10. The minimum atomic E-state index is -0.269. The van der Waals surface area contributed by atoms with E-state index >= 15 is 0 Å². The van der Waals surface area contributed by atoms with Crippen molar-refractivity contribution in [1.29, 1.82) is 0 Å². The van der Waals surface area contributed by atoms with Crippen molar-refractivity contribution in [2.24, 2.45) is 0 Å². The highest BCUT2D eigenvalue weighted by atomic mass is 79.9. The molecule has 2 rings (SSSR count). The maximum absolute atomic E-state index is 13.0. The predicted molar refractivity (Wildman–Crippen MR) is 72.3 cm³/mol. The standard InChI is InChI=1S/C13H12BrFN2/c14-11-7-10(5-6-12(11)15)17-8-9-3-1-2-4-13(9)16/h1-7,17H,8,16H2. The van der Waals surface area contributed by atoms with Crippen LogP contribution in [-0.2, 0) is 6.54 Å². The number of anilines is 2. The van der Waals surface area contributed by atoms with E-state index in [1.54, 1.807) is 12.1 Å². The van der Waals surface area contributed by atoms with Crippen LogP contribution in [0.4, 0.5) is 15.8 Å². The molecule has 0 amide bonds. The van der Waals surface area contributed by atoms with Crippen LogP contribution in [0.25, 0.3) is 0 Å². The molecule has 0 aliphatic rings. The van der Waals surface area contributed by atoms with Crippen LogP contribution in [-0.4, -0.2) is 0 Å². The monoisotopic (exact) mass is 294 g/mol. The number of rotatable bonds is 3. The molecule has 0 saturated heterocycles. The Morgan fingerprint density at radius 2 is 1.94 bits per heavy atom. The minimum Gasteiger partial charge on any atom is -0.398 e. The van der Waals surface area contributed by atoms with Crippen molar-refractivity contribution in [1.82, 2.24) is 0 Å². The van der Waals surface area contributed by atoms with Gasteiger partial charge in [0.2, 0.25) is 0 Å². The smallest absolute Gasteiger partial charge is 0.137 e. The molecule has 2 aromatic rings. The van der Waals surface area contributed by atoms with E-state index < -0.39 is 0 Å². The first-order chi connectivity index (χ1) is 8.16. The lowest BCUT2D eigenvalue weighted by Crippen LogP contribution is -2.02. The molecule has 0 bridgehead atoms. The largest absolute Gasteiger partial charge is 0.398 e. The summed E-state index contributed by atoms with van der Waals surface area (Å²) in [5, 5.41) is 3.19. The number of halogens is 2. The van der Waals surface area contributed by atoms with Crippen molar-refractivity contribution in [3.05, 3.63) is 58.3 Å². The molecule has 0 unspecified atom stereocenters. The van der Waals surface area contributed by atoms with Crippen molar-refractivity contribution in [3.63, 3.8) is 0 Å². The Kier molecular flexibility index (Phi) is 3.64. The number of para-hydroxylation sites is 1. The number of hydrogen-bond donors (Lipinski definition) is 2. The molecular weight excluding hydrogens is 283 g/mol. The van der Waals surface area contributed by atoms with Crippen LogP contribution in [0, 0.1) is 5.82 Å². The molecule has 0 radical (unpaired) electrons. The van der Waals surface area contributed by atoms with Crippen LogP contribution in [0.1, 0.15) is 5.56 Å². The van der Waals surface area contributed by atoms with Crippen molar-refractivity contribution in [2.45, 2.75) is 6.54 Å². The molecule has 88 valence electrons. The van der Waals surface area contributed by atoms with E-state index in [0.717, 1.165) is 16.9 Å². The summed E-state index contributed by atoms with van der Waals surface area (Å²) in [5.74, 6) is -0.269. The molecule has 0 aliphatic heterocycles. The maximum atomic E-state index is 13.0. The van der Waals surface area contributed by atoms with Gasteiger partial charge in [-0.2, -0.15) is 0 Å². The zero-order chi connectivity index (χ0) is 12.3. The molecule has 0 atom stereocenters. The normalized spacial score (nSPS) is 10.2. The van der Waals surface area contributed by atoms with Crippen LogP contribution in [0.5, 0.6) is 0 Å². The molecule has 4 heteroatoms. The van der Waals surface area contributed by atoms with Gasteiger partial charge in [0.05, 0.1) is 4.47 Å². The van der Waals surface area contributed by atoms with Gasteiger partial charge in [0, 0.05) is 17.9 Å². The molecule has 0 aromatic heterocycles. The van der Waals surface area contributed by atoms with Gasteiger partial charge in [0.15, 0.2) is 0 Å². The Labute approximate surface area is 108 Å². The highest BCUT2D eigenvalue weighted by Gasteiger charge is 2.01. The topological polar surface area (TPSA) is 38.0 Å². The molecule has 17 heavy (non-hydrogen) atoms. The quantitative estimate of drug-likeness (QED) is 0.846. The maximum Gasteiger partial charge on any atom is 0.137 e. The molecule has 0 aliphatic carbocycles. The molecule has 0 spiro atoms. The molecule has 0 heterocycles. The Bertz CT molecular complexity index is 529. The van der Waals surface area contributed by atoms with Gasteiger partial charge >= 0.3 is 0 Å². The van der Waals surface area contributed by atoms with Gasteiger partial charge in [-0.3, -0.25) is 0 Å². The summed E-state index contributed by atoms with van der Waals surface area (Å²) in [5.41, 5.74) is 8.45. The van der Waals surface area contributed by atoms with E-state index in [-0.39, 0.29) is 5.82 Å². The second-order valence-corrected chi connectivity index (χ2v) is 4.54. The zero-order valence-corrected chi connectivity index (χ0v) is 10.7. The fourth-order valence-electron chi connectivity index (χ4n) is 1.50. The average Bonchev–Trinajstić information content (AvgIpc) is 2.32. The Morgan fingerprint density at radius 3 is 2.65 bits per heavy atom. The highest BCUT2D eigenvalue weighted by Crippen LogP contribution is 2.21. The predicted octanol–water partition coefficient (Wildman–Crippen LogP) is 3.78. The third-order valence-corrected chi connectivity index (χ3v) is 3.07. The summed E-state index contributed by atoms with van der Waals surface area (Å²) in [6.45, 7) is 0.616. The summed E-state index contributed by atoms with van der Waals surface area (Å²) >= 11 is 3.15. The van der Waals surface area contributed by atoms with Gasteiger partial charge in [-0.1, -0.05) is 18.2 Å².